The molecule has 1 N–H and O–H groups in total. The smallest absolute Gasteiger partial charge is 0.497 e. The summed E-state index contributed by atoms with van der Waals surface area (Å²) in [6, 6.07) is 54.8. The van der Waals surface area contributed by atoms with Crippen molar-refractivity contribution in [2.24, 2.45) is 0 Å². The van der Waals surface area contributed by atoms with Crippen molar-refractivity contribution in [1.82, 2.24) is 19.5 Å². The Labute approximate surface area is 457 Å². The van der Waals surface area contributed by atoms with Crippen molar-refractivity contribution < 1.29 is 37.6 Å². The number of imidazole rings is 1. The number of nitrogens with zero attached hydrogens (tertiary/aromatic N) is 4. The first-order valence-electron chi connectivity index (χ1n) is 27.1. The molecule has 3 atom stereocenters. The summed E-state index contributed by atoms with van der Waals surface area (Å²) < 4.78 is 55.5. The Morgan fingerprint density at radius 1 is 0.667 bits per heavy atom. The van der Waals surface area contributed by atoms with Gasteiger partial charge < -0.3 is 33.7 Å². The molecule has 0 aliphatic carbocycles. The molecule has 13 heteroatoms. The molecule has 2 aromatic heterocycles. The number of anilines is 1. The van der Waals surface area contributed by atoms with Crippen LogP contribution < -0.4 is 14.8 Å². The first-order valence-corrected chi connectivity index (χ1v) is 27.1. The normalized spacial score (nSPS) is 16.3. The van der Waals surface area contributed by atoms with Gasteiger partial charge >= 0.3 is 12.2 Å². The molecule has 0 amide bonds. The number of ether oxygens (including phenoxy) is 6. The summed E-state index contributed by atoms with van der Waals surface area (Å²) in [6.07, 6.45) is 15.8. The number of rotatable bonds is 26. The number of carbonyl (C=O) groups is 1. The molecule has 3 heterocycles. The van der Waals surface area contributed by atoms with Crippen molar-refractivity contribution >= 4 is 23.1 Å². The highest BCUT2D eigenvalue weighted by molar-refractivity contribution is 5.84. The number of fused-ring (bicyclic) bond motifs is 1. The van der Waals surface area contributed by atoms with Gasteiger partial charge in [-0.1, -0.05) is 216 Å². The van der Waals surface area contributed by atoms with Crippen molar-refractivity contribution in [2.75, 3.05) is 32.8 Å². The molecule has 0 spiro atoms. The van der Waals surface area contributed by atoms with Crippen LogP contribution >= 0.6 is 0 Å². The summed E-state index contributed by atoms with van der Waals surface area (Å²) in [7, 11) is 3.24. The largest absolute Gasteiger partial charge is 0.508 e. The van der Waals surface area contributed by atoms with E-state index in [1.807, 2.05) is 170 Å². The van der Waals surface area contributed by atoms with Crippen LogP contribution in [0.4, 0.5) is 15.0 Å². The van der Waals surface area contributed by atoms with Crippen LogP contribution in [-0.2, 0) is 30.1 Å². The Bertz CT molecular complexity index is 3110. The molecule has 12 nitrogen and oxygen atoms in total. The SMILES string of the molecule is C#C[C@]1(COC(=O)OCCCCCCCCCCCC)O[C@@H](n2cnc3c(NC(c4ccccc4)(c4ccccc4)c4ccc(OC)cc4)nc(F)nc32)C[C@@H]1OC(c1ccccc1)(c1ccccc1)c1ccc(OC)cc1. The number of halogens is 1. The van der Waals surface area contributed by atoms with Crippen molar-refractivity contribution in [3.8, 4) is 23.8 Å². The van der Waals surface area contributed by atoms with Crippen LogP contribution in [0.1, 0.15) is 117 Å². The van der Waals surface area contributed by atoms with E-state index in [1.54, 1.807) is 18.8 Å². The Balaban J connectivity index is 1.08. The molecular weight excluding hydrogens is 982 g/mol. The number of methoxy groups -OCH3 is 2. The molecule has 1 aliphatic rings. The molecule has 0 saturated carbocycles. The highest BCUT2D eigenvalue weighted by Crippen LogP contribution is 2.49. The lowest BCUT2D eigenvalue weighted by Gasteiger charge is -2.41. The van der Waals surface area contributed by atoms with E-state index in [9.17, 15) is 4.79 Å². The van der Waals surface area contributed by atoms with E-state index in [0.29, 0.717) is 17.9 Å². The van der Waals surface area contributed by atoms with Crippen LogP contribution in [0, 0.1) is 18.4 Å². The number of aromatic nitrogens is 4. The third-order valence-corrected chi connectivity index (χ3v) is 14.8. The average molecular weight is 1050 g/mol. The van der Waals surface area contributed by atoms with E-state index in [0.717, 1.165) is 52.6 Å². The van der Waals surface area contributed by atoms with Gasteiger partial charge in [-0.3, -0.25) is 4.57 Å². The molecule has 8 aromatic rings. The van der Waals surface area contributed by atoms with Gasteiger partial charge in [0.2, 0.25) is 0 Å². The zero-order valence-electron chi connectivity index (χ0n) is 44.7. The predicted molar refractivity (Wildman–Crippen MR) is 301 cm³/mol. The highest BCUT2D eigenvalue weighted by Gasteiger charge is 2.55. The Morgan fingerprint density at radius 2 is 1.14 bits per heavy atom. The topological polar surface area (TPSA) is 128 Å². The lowest BCUT2D eigenvalue weighted by Crippen LogP contribution is -2.49. The maximum absolute atomic E-state index is 16.4. The number of unbranched alkanes of at least 4 members (excludes halogenated alkanes) is 9. The van der Waals surface area contributed by atoms with Crippen LogP contribution in [-0.4, -0.2) is 64.8 Å². The monoisotopic (exact) mass is 1050 g/mol. The summed E-state index contributed by atoms with van der Waals surface area (Å²) in [5, 5.41) is 3.69. The summed E-state index contributed by atoms with van der Waals surface area (Å²) in [5.74, 6) is 4.33. The van der Waals surface area contributed by atoms with Crippen molar-refractivity contribution in [1.29, 1.82) is 0 Å². The van der Waals surface area contributed by atoms with Crippen LogP contribution in [0.25, 0.3) is 11.2 Å². The molecule has 6 aromatic carbocycles. The van der Waals surface area contributed by atoms with Gasteiger partial charge in [0.15, 0.2) is 22.6 Å². The number of benzene rings is 6. The van der Waals surface area contributed by atoms with E-state index < -0.39 is 47.9 Å². The molecule has 1 saturated heterocycles. The lowest BCUT2D eigenvalue weighted by molar-refractivity contribution is -0.137. The standard InChI is InChI=1S/C65H68FN5O7/c1-5-7-8-9-10-11-12-13-14-27-44-75-62(72)76-46-63(6-2)56(77-65(51-32-23-17-24-33-51,52-34-25-18-26-35-52)53-38-42-55(74-4)43-39-53)45-57(78-63)71-47-67-58-59(68-61(66)69-60(58)71)70-64(48-28-19-15-20-29-48,49-30-21-16-22-31-49)50-36-40-54(73-3)41-37-50/h2,15-26,28-43,47,56-57H,5,7-14,27,44-46H2,1,3-4H3,(H,68,69,70)/t56-,57+,63+/m0/s1. The van der Waals surface area contributed by atoms with Crippen LogP contribution in [0.15, 0.2) is 176 Å². The molecule has 1 aliphatic heterocycles. The van der Waals surface area contributed by atoms with Crippen molar-refractivity contribution in [3.05, 3.63) is 216 Å². The van der Waals surface area contributed by atoms with Crippen LogP contribution in [0.3, 0.4) is 0 Å². The number of hydrogen-bond donors (Lipinski definition) is 1. The fourth-order valence-electron chi connectivity index (χ4n) is 10.7. The van der Waals surface area contributed by atoms with Gasteiger partial charge in [-0.15, -0.1) is 6.42 Å². The van der Waals surface area contributed by atoms with Gasteiger partial charge in [-0.25, -0.2) is 9.78 Å². The Hall–Kier alpha value is -8.05. The number of hydrogen-bond acceptors (Lipinski definition) is 11. The number of nitrogens with one attached hydrogen (secondary N) is 1. The van der Waals surface area contributed by atoms with E-state index in [2.05, 4.69) is 28.1 Å². The Kier molecular flexibility index (Phi) is 18.1. The highest BCUT2D eigenvalue weighted by atomic mass is 19.1. The van der Waals surface area contributed by atoms with E-state index in [1.165, 1.54) is 44.9 Å². The van der Waals surface area contributed by atoms with Gasteiger partial charge in [0.05, 0.1) is 27.2 Å². The van der Waals surface area contributed by atoms with Gasteiger partial charge in [0, 0.05) is 6.42 Å². The second kappa shape index (κ2) is 25.9. The van der Waals surface area contributed by atoms with E-state index >= 15 is 4.39 Å². The second-order valence-electron chi connectivity index (χ2n) is 19.7. The van der Waals surface area contributed by atoms with Gasteiger partial charge in [-0.05, 0) is 64.1 Å². The molecule has 0 radical (unpaired) electrons. The summed E-state index contributed by atoms with van der Waals surface area (Å²) in [6.45, 7) is 1.99. The number of carbonyl (C=O) groups excluding carboxylic acids is 1. The van der Waals surface area contributed by atoms with Crippen molar-refractivity contribution in [2.45, 2.75) is 107 Å². The average Bonchev–Trinajstić information content (AvgIpc) is 4.26. The predicted octanol–water partition coefficient (Wildman–Crippen LogP) is 14.1. The van der Waals surface area contributed by atoms with Gasteiger partial charge in [0.1, 0.15) is 41.6 Å². The Morgan fingerprint density at radius 3 is 1.65 bits per heavy atom. The first-order chi connectivity index (χ1) is 38.3. The minimum Gasteiger partial charge on any atom is -0.497 e. The molecule has 402 valence electrons. The maximum atomic E-state index is 16.4. The summed E-state index contributed by atoms with van der Waals surface area (Å²) in [4.78, 5) is 27.2. The zero-order chi connectivity index (χ0) is 54.2. The van der Waals surface area contributed by atoms with E-state index in [4.69, 9.17) is 39.8 Å². The van der Waals surface area contributed by atoms with Gasteiger partial charge in [-0.2, -0.15) is 14.4 Å². The fraction of sp³-hybridized carbons (Fsp3) is 0.323. The van der Waals surface area contributed by atoms with Crippen LogP contribution in [0.2, 0.25) is 0 Å². The third kappa shape index (κ3) is 11.9. The van der Waals surface area contributed by atoms with Gasteiger partial charge in [0.25, 0.3) is 0 Å². The molecule has 1 fully saturated rings. The quantitative estimate of drug-likeness (QED) is 0.0183. The van der Waals surface area contributed by atoms with E-state index in [-0.39, 0.29) is 30.0 Å². The third-order valence-electron chi connectivity index (χ3n) is 14.8. The molecule has 78 heavy (non-hydrogen) atoms. The zero-order valence-corrected chi connectivity index (χ0v) is 44.7. The fourth-order valence-corrected chi connectivity index (χ4v) is 10.7. The first kappa shape index (κ1) is 54.7. The number of terminal acetylenes is 1. The lowest BCUT2D eigenvalue weighted by atomic mass is 9.77. The van der Waals surface area contributed by atoms with Crippen molar-refractivity contribution in [3.63, 3.8) is 0 Å². The summed E-state index contributed by atoms with van der Waals surface area (Å²) in [5.41, 5.74) is 1.07. The summed E-state index contributed by atoms with van der Waals surface area (Å²) >= 11 is 0. The molecule has 9 rings (SSSR count). The minimum atomic E-state index is -1.74. The van der Waals surface area contributed by atoms with Crippen LogP contribution in [0.5, 0.6) is 11.5 Å². The molecule has 0 unspecified atom stereocenters. The molecule has 0 bridgehead atoms. The molecular formula is C65H68FN5O7. The second-order valence-corrected chi connectivity index (χ2v) is 19.7. The minimum absolute atomic E-state index is 0.0719. The maximum Gasteiger partial charge on any atom is 0.508 e.